The van der Waals surface area contributed by atoms with Gasteiger partial charge in [-0.05, 0) is 56.7 Å². The van der Waals surface area contributed by atoms with Gasteiger partial charge in [0.25, 0.3) is 0 Å². The van der Waals surface area contributed by atoms with Crippen molar-refractivity contribution in [2.45, 2.75) is 18.2 Å². The van der Waals surface area contributed by atoms with Crippen molar-refractivity contribution in [2.75, 3.05) is 44.1 Å². The molecule has 0 fully saturated rings. The molecule has 7 nitrogen and oxygen atoms in total. The molecule has 9 heteroatoms. The molecule has 0 saturated heterocycles. The molecule has 0 spiro atoms. The molecule has 0 aliphatic rings. The van der Waals surface area contributed by atoms with Gasteiger partial charge in [0.2, 0.25) is 5.91 Å². The highest BCUT2D eigenvalue weighted by molar-refractivity contribution is 7.99. The number of nitrogens with zero attached hydrogens (tertiary/aromatic N) is 1. The van der Waals surface area contributed by atoms with E-state index in [4.69, 9.17) is 12.2 Å². The average Bonchev–Trinajstić information content (AvgIpc) is 2.53. The van der Waals surface area contributed by atoms with Crippen LogP contribution in [-0.4, -0.2) is 55.5 Å². The quantitative estimate of drug-likeness (QED) is 0.492. The van der Waals surface area contributed by atoms with Crippen molar-refractivity contribution in [1.29, 1.82) is 0 Å². The molecule has 0 bridgehead atoms. The van der Waals surface area contributed by atoms with Gasteiger partial charge in [0.1, 0.15) is 0 Å². The van der Waals surface area contributed by atoms with E-state index in [2.05, 4.69) is 27.6 Å². The minimum absolute atomic E-state index is 0.0870. The van der Waals surface area contributed by atoms with Crippen molar-refractivity contribution in [3.8, 4) is 0 Å². The second-order valence-electron chi connectivity index (χ2n) is 5.41. The van der Waals surface area contributed by atoms with Crippen molar-refractivity contribution in [3.63, 3.8) is 0 Å². The first-order valence-electron chi connectivity index (χ1n) is 7.73. The van der Waals surface area contributed by atoms with E-state index in [0.29, 0.717) is 11.4 Å². The van der Waals surface area contributed by atoms with Gasteiger partial charge in [-0.15, -0.1) is 11.8 Å². The van der Waals surface area contributed by atoms with Crippen molar-refractivity contribution in [3.05, 3.63) is 18.2 Å². The van der Waals surface area contributed by atoms with Crippen molar-refractivity contribution >= 4 is 52.5 Å². The summed E-state index contributed by atoms with van der Waals surface area (Å²) in [6.45, 7) is 2.37. The summed E-state index contributed by atoms with van der Waals surface area (Å²) >= 11 is 6.78. The van der Waals surface area contributed by atoms with E-state index < -0.39 is 6.09 Å². The van der Waals surface area contributed by atoms with Gasteiger partial charge in [0, 0.05) is 4.90 Å². The number of carbonyl (C=O) groups is 2. The molecule has 0 saturated carbocycles. The molecule has 2 amide bonds. The average molecular weight is 385 g/mol. The molecule has 1 rings (SSSR count). The third-order valence-corrected chi connectivity index (χ3v) is 4.25. The molecule has 0 aliphatic heterocycles. The van der Waals surface area contributed by atoms with Crippen molar-refractivity contribution in [1.82, 2.24) is 10.2 Å². The standard InChI is InChI=1S/C16H24N4O3S2/c1-5-8-25-11-6-7-12(18-15(24)19-16(22)23-4)13(9-11)17-14(21)10-20(2)3/h6-7,9H,5,8,10H2,1-4H3,(H,17,21)(H2,18,19,22,24). The Morgan fingerprint density at radius 1 is 1.24 bits per heavy atom. The van der Waals surface area contributed by atoms with Crippen LogP contribution >= 0.6 is 24.0 Å². The Hall–Kier alpha value is -1.84. The zero-order chi connectivity index (χ0) is 18.8. The largest absolute Gasteiger partial charge is 0.453 e. The fourth-order valence-electron chi connectivity index (χ4n) is 1.82. The molecular weight excluding hydrogens is 360 g/mol. The van der Waals surface area contributed by atoms with E-state index in [-0.39, 0.29) is 17.6 Å². The van der Waals surface area contributed by atoms with Crippen LogP contribution in [0.25, 0.3) is 0 Å². The number of rotatable bonds is 7. The number of nitrogens with one attached hydrogen (secondary N) is 3. The van der Waals surface area contributed by atoms with Crippen LogP contribution in [0.2, 0.25) is 0 Å². The zero-order valence-corrected chi connectivity index (χ0v) is 16.5. The molecule has 0 atom stereocenters. The van der Waals surface area contributed by atoms with Crippen LogP contribution in [0.5, 0.6) is 0 Å². The molecule has 1 aromatic rings. The summed E-state index contributed by atoms with van der Waals surface area (Å²) in [5.41, 5.74) is 1.19. The minimum atomic E-state index is -0.661. The van der Waals surface area contributed by atoms with Gasteiger partial charge in [0.05, 0.1) is 25.0 Å². The predicted molar refractivity (Wildman–Crippen MR) is 106 cm³/mol. The number of thioether (sulfide) groups is 1. The van der Waals surface area contributed by atoms with Crippen LogP contribution in [0.4, 0.5) is 16.2 Å². The van der Waals surface area contributed by atoms with Crippen molar-refractivity contribution < 1.29 is 14.3 Å². The predicted octanol–water partition coefficient (Wildman–Crippen LogP) is 2.74. The third kappa shape index (κ3) is 8.19. The van der Waals surface area contributed by atoms with E-state index in [0.717, 1.165) is 17.1 Å². The van der Waals surface area contributed by atoms with Crippen molar-refractivity contribution in [2.24, 2.45) is 0 Å². The lowest BCUT2D eigenvalue weighted by molar-refractivity contribution is -0.116. The Morgan fingerprint density at radius 2 is 1.96 bits per heavy atom. The molecule has 25 heavy (non-hydrogen) atoms. The SMILES string of the molecule is CCCSc1ccc(NC(=S)NC(=O)OC)c(NC(=O)CN(C)C)c1. The summed E-state index contributed by atoms with van der Waals surface area (Å²) in [5.74, 6) is 0.845. The van der Waals surface area contributed by atoms with Gasteiger partial charge in [-0.2, -0.15) is 0 Å². The second-order valence-corrected chi connectivity index (χ2v) is 6.99. The smallest absolute Gasteiger partial charge is 0.413 e. The van der Waals surface area contributed by atoms with Crippen LogP contribution in [0.1, 0.15) is 13.3 Å². The zero-order valence-electron chi connectivity index (χ0n) is 14.8. The van der Waals surface area contributed by atoms with Crippen LogP contribution < -0.4 is 16.0 Å². The van der Waals surface area contributed by atoms with E-state index >= 15 is 0 Å². The Bertz CT molecular complexity index is 623. The first-order valence-corrected chi connectivity index (χ1v) is 9.12. The lowest BCUT2D eigenvalue weighted by Gasteiger charge is -2.16. The second kappa shape index (κ2) is 10.9. The highest BCUT2D eigenvalue weighted by atomic mass is 32.2. The lowest BCUT2D eigenvalue weighted by Crippen LogP contribution is -2.34. The molecule has 0 heterocycles. The van der Waals surface area contributed by atoms with Crippen LogP contribution in [-0.2, 0) is 9.53 Å². The van der Waals surface area contributed by atoms with Gasteiger partial charge in [-0.25, -0.2) is 4.79 Å². The summed E-state index contributed by atoms with van der Waals surface area (Å²) in [5, 5.41) is 8.23. The molecule has 3 N–H and O–H groups in total. The number of methoxy groups -OCH3 is 1. The Morgan fingerprint density at radius 3 is 2.56 bits per heavy atom. The number of carbonyl (C=O) groups excluding carboxylic acids is 2. The fraction of sp³-hybridized carbons (Fsp3) is 0.438. The van der Waals surface area contributed by atoms with Gasteiger partial charge in [0.15, 0.2) is 5.11 Å². The maximum Gasteiger partial charge on any atom is 0.413 e. The van der Waals surface area contributed by atoms with Crippen LogP contribution in [0.15, 0.2) is 23.1 Å². The number of hydrogen-bond donors (Lipinski definition) is 3. The summed E-state index contributed by atoms with van der Waals surface area (Å²) in [6, 6.07) is 5.64. The summed E-state index contributed by atoms with van der Waals surface area (Å²) in [4.78, 5) is 26.2. The highest BCUT2D eigenvalue weighted by Gasteiger charge is 2.12. The Balaban J connectivity index is 2.94. The maximum atomic E-state index is 12.1. The van der Waals surface area contributed by atoms with Crippen LogP contribution in [0, 0.1) is 0 Å². The number of thiocarbonyl (C=S) groups is 1. The number of ether oxygens (including phenoxy) is 1. The summed E-state index contributed by atoms with van der Waals surface area (Å²) in [7, 11) is 4.90. The van der Waals surface area contributed by atoms with Gasteiger partial charge >= 0.3 is 6.09 Å². The molecule has 0 aliphatic carbocycles. The molecule has 0 aromatic heterocycles. The number of anilines is 2. The highest BCUT2D eigenvalue weighted by Crippen LogP contribution is 2.29. The minimum Gasteiger partial charge on any atom is -0.453 e. The summed E-state index contributed by atoms with van der Waals surface area (Å²) in [6.07, 6.45) is 0.394. The number of benzene rings is 1. The maximum absolute atomic E-state index is 12.1. The molecule has 1 aromatic carbocycles. The van der Waals surface area contributed by atoms with E-state index in [1.54, 1.807) is 16.7 Å². The first-order chi connectivity index (χ1) is 11.8. The number of alkyl carbamates (subject to hydrolysis) is 1. The molecule has 0 unspecified atom stereocenters. The lowest BCUT2D eigenvalue weighted by atomic mass is 10.2. The number of likely N-dealkylation sites (N-methyl/N-ethyl adjacent to an activating group) is 1. The Labute approximate surface area is 157 Å². The Kier molecular flexibility index (Phi) is 9.25. The molecular formula is C16H24N4O3S2. The normalized spacial score (nSPS) is 10.3. The van der Waals surface area contributed by atoms with E-state index in [1.807, 2.05) is 32.3 Å². The van der Waals surface area contributed by atoms with Gasteiger partial charge in [-0.3, -0.25) is 10.1 Å². The van der Waals surface area contributed by atoms with E-state index in [9.17, 15) is 9.59 Å². The fourth-order valence-corrected chi connectivity index (χ4v) is 2.82. The topological polar surface area (TPSA) is 82.7 Å². The molecule has 138 valence electrons. The van der Waals surface area contributed by atoms with Gasteiger partial charge in [-0.1, -0.05) is 6.92 Å². The number of amides is 2. The van der Waals surface area contributed by atoms with Crippen LogP contribution in [0.3, 0.4) is 0 Å². The molecule has 0 radical (unpaired) electrons. The summed E-state index contributed by atoms with van der Waals surface area (Å²) < 4.78 is 4.50. The monoisotopic (exact) mass is 384 g/mol. The van der Waals surface area contributed by atoms with Gasteiger partial charge < -0.3 is 20.3 Å². The third-order valence-electron chi connectivity index (χ3n) is 2.85. The first kappa shape index (κ1) is 21.2. The number of hydrogen-bond acceptors (Lipinski definition) is 6. The van der Waals surface area contributed by atoms with E-state index in [1.165, 1.54) is 7.11 Å².